The van der Waals surface area contributed by atoms with Crippen LogP contribution in [0.4, 0.5) is 0 Å². The van der Waals surface area contributed by atoms with Gasteiger partial charge in [0.15, 0.2) is 0 Å². The zero-order valence-corrected chi connectivity index (χ0v) is 11.4. The highest BCUT2D eigenvalue weighted by molar-refractivity contribution is 9.10. The first-order chi connectivity index (χ1) is 8.24. The van der Waals surface area contributed by atoms with E-state index in [9.17, 15) is 4.79 Å². The average molecular weight is 298 g/mol. The van der Waals surface area contributed by atoms with Crippen LogP contribution in [0.2, 0.25) is 0 Å². The molecule has 1 aliphatic heterocycles. The summed E-state index contributed by atoms with van der Waals surface area (Å²) in [6.45, 7) is 1.85. The lowest BCUT2D eigenvalue weighted by Crippen LogP contribution is -2.25. The molecule has 1 fully saturated rings. The van der Waals surface area contributed by atoms with Crippen LogP contribution < -0.4 is 5.32 Å². The lowest BCUT2D eigenvalue weighted by Gasteiger charge is -2.21. The van der Waals surface area contributed by atoms with E-state index in [0.717, 1.165) is 29.5 Å². The number of carbonyl (C=O) groups is 1. The summed E-state index contributed by atoms with van der Waals surface area (Å²) in [6, 6.07) is 7.87. The van der Waals surface area contributed by atoms with Gasteiger partial charge in [-0.1, -0.05) is 34.1 Å². The maximum Gasteiger partial charge on any atom is 0.313 e. The van der Waals surface area contributed by atoms with Crippen molar-refractivity contribution in [3.8, 4) is 0 Å². The standard InChI is InChI=1S/C13H16BrNO2/c1-17-13(16)12(9-6-7-15-8-9)10-4-2-3-5-11(10)14/h2-5,9,12,15H,6-8H2,1H3. The van der Waals surface area contributed by atoms with Gasteiger partial charge in [0.2, 0.25) is 0 Å². The fourth-order valence-electron chi connectivity index (χ4n) is 2.39. The second-order valence-corrected chi connectivity index (χ2v) is 5.13. The number of benzene rings is 1. The summed E-state index contributed by atoms with van der Waals surface area (Å²) in [5.74, 6) is -0.00248. The molecular formula is C13H16BrNO2. The van der Waals surface area contributed by atoms with Crippen LogP contribution in [0.25, 0.3) is 0 Å². The average Bonchev–Trinajstić information content (AvgIpc) is 2.85. The second kappa shape index (κ2) is 5.65. The van der Waals surface area contributed by atoms with Crippen molar-refractivity contribution in [3.05, 3.63) is 34.3 Å². The van der Waals surface area contributed by atoms with Crippen molar-refractivity contribution in [2.45, 2.75) is 12.3 Å². The number of hydrogen-bond acceptors (Lipinski definition) is 3. The number of ether oxygens (including phenoxy) is 1. The molecule has 2 rings (SSSR count). The number of halogens is 1. The number of esters is 1. The molecule has 0 bridgehead atoms. The molecule has 0 aromatic heterocycles. The van der Waals surface area contributed by atoms with Gasteiger partial charge in [-0.05, 0) is 37.1 Å². The van der Waals surface area contributed by atoms with Gasteiger partial charge < -0.3 is 10.1 Å². The van der Waals surface area contributed by atoms with Crippen LogP contribution in [-0.4, -0.2) is 26.2 Å². The minimum atomic E-state index is -0.175. The quantitative estimate of drug-likeness (QED) is 0.870. The summed E-state index contributed by atoms with van der Waals surface area (Å²) in [5.41, 5.74) is 1.02. The van der Waals surface area contributed by atoms with E-state index < -0.39 is 0 Å². The minimum absolute atomic E-state index is 0.148. The van der Waals surface area contributed by atoms with E-state index in [2.05, 4.69) is 21.2 Å². The summed E-state index contributed by atoms with van der Waals surface area (Å²) in [6.07, 6.45) is 1.01. The van der Waals surface area contributed by atoms with E-state index in [-0.39, 0.29) is 11.9 Å². The first kappa shape index (κ1) is 12.6. The van der Waals surface area contributed by atoms with Crippen molar-refractivity contribution >= 4 is 21.9 Å². The Morgan fingerprint density at radius 1 is 1.53 bits per heavy atom. The molecule has 4 heteroatoms. The van der Waals surface area contributed by atoms with Crippen molar-refractivity contribution in [2.75, 3.05) is 20.2 Å². The van der Waals surface area contributed by atoms with E-state index in [1.165, 1.54) is 7.11 Å². The predicted molar refractivity (Wildman–Crippen MR) is 69.9 cm³/mol. The monoisotopic (exact) mass is 297 g/mol. The molecule has 1 saturated heterocycles. The highest BCUT2D eigenvalue weighted by Gasteiger charge is 2.33. The fourth-order valence-corrected chi connectivity index (χ4v) is 2.92. The Labute approximate surface area is 110 Å². The molecule has 0 radical (unpaired) electrons. The maximum absolute atomic E-state index is 12.0. The van der Waals surface area contributed by atoms with Crippen LogP contribution in [0.15, 0.2) is 28.7 Å². The van der Waals surface area contributed by atoms with Crippen LogP contribution in [0.5, 0.6) is 0 Å². The van der Waals surface area contributed by atoms with Gasteiger partial charge in [0.05, 0.1) is 13.0 Å². The molecule has 2 atom stereocenters. The first-order valence-corrected chi connectivity index (χ1v) is 6.56. The molecule has 1 aliphatic rings. The molecule has 1 heterocycles. The van der Waals surface area contributed by atoms with E-state index >= 15 is 0 Å². The van der Waals surface area contributed by atoms with E-state index in [1.54, 1.807) is 0 Å². The number of nitrogens with one attached hydrogen (secondary N) is 1. The SMILES string of the molecule is COC(=O)C(c1ccccc1Br)C1CCNC1. The molecule has 1 aromatic carbocycles. The molecule has 1 N–H and O–H groups in total. The Bertz CT molecular complexity index is 402. The molecular weight excluding hydrogens is 282 g/mol. The summed E-state index contributed by atoms with van der Waals surface area (Å²) in [4.78, 5) is 12.0. The summed E-state index contributed by atoms with van der Waals surface area (Å²) in [7, 11) is 1.45. The van der Waals surface area contributed by atoms with Crippen LogP contribution in [0.3, 0.4) is 0 Å². The van der Waals surface area contributed by atoms with Crippen molar-refractivity contribution in [2.24, 2.45) is 5.92 Å². The first-order valence-electron chi connectivity index (χ1n) is 5.77. The van der Waals surface area contributed by atoms with Crippen LogP contribution in [0, 0.1) is 5.92 Å². The molecule has 0 saturated carbocycles. The highest BCUT2D eigenvalue weighted by Crippen LogP contribution is 2.34. The Morgan fingerprint density at radius 2 is 2.29 bits per heavy atom. The zero-order valence-electron chi connectivity index (χ0n) is 9.78. The van der Waals surface area contributed by atoms with E-state index in [4.69, 9.17) is 4.74 Å². The third-order valence-corrected chi connectivity index (χ3v) is 3.99. The fraction of sp³-hybridized carbons (Fsp3) is 0.462. The molecule has 17 heavy (non-hydrogen) atoms. The number of rotatable bonds is 3. The predicted octanol–water partition coefficient (Wildman–Crippen LogP) is 2.32. The van der Waals surface area contributed by atoms with Crippen LogP contribution in [-0.2, 0) is 9.53 Å². The smallest absolute Gasteiger partial charge is 0.313 e. The lowest BCUT2D eigenvalue weighted by molar-refractivity contribution is -0.143. The van der Waals surface area contributed by atoms with Gasteiger partial charge in [-0.25, -0.2) is 0 Å². The minimum Gasteiger partial charge on any atom is -0.469 e. The van der Waals surface area contributed by atoms with Crippen LogP contribution >= 0.6 is 15.9 Å². The molecule has 0 amide bonds. The van der Waals surface area contributed by atoms with E-state index in [1.807, 2.05) is 24.3 Å². The van der Waals surface area contributed by atoms with Gasteiger partial charge in [-0.3, -0.25) is 4.79 Å². The number of hydrogen-bond donors (Lipinski definition) is 1. The van der Waals surface area contributed by atoms with Gasteiger partial charge in [0.25, 0.3) is 0 Å². The van der Waals surface area contributed by atoms with Gasteiger partial charge in [0, 0.05) is 4.47 Å². The summed E-state index contributed by atoms with van der Waals surface area (Å²) in [5, 5.41) is 3.30. The molecule has 1 aromatic rings. The molecule has 92 valence electrons. The highest BCUT2D eigenvalue weighted by atomic mass is 79.9. The van der Waals surface area contributed by atoms with Gasteiger partial charge in [-0.15, -0.1) is 0 Å². The largest absolute Gasteiger partial charge is 0.469 e. The third-order valence-electron chi connectivity index (χ3n) is 3.27. The second-order valence-electron chi connectivity index (χ2n) is 4.28. The summed E-state index contributed by atoms with van der Waals surface area (Å²) < 4.78 is 5.92. The lowest BCUT2D eigenvalue weighted by atomic mass is 9.85. The third kappa shape index (κ3) is 2.69. The van der Waals surface area contributed by atoms with Crippen molar-refractivity contribution in [1.82, 2.24) is 5.32 Å². The van der Waals surface area contributed by atoms with Crippen molar-refractivity contribution in [1.29, 1.82) is 0 Å². The molecule has 2 unspecified atom stereocenters. The van der Waals surface area contributed by atoms with Gasteiger partial charge >= 0.3 is 5.97 Å². The summed E-state index contributed by atoms with van der Waals surface area (Å²) >= 11 is 3.51. The Kier molecular flexibility index (Phi) is 4.18. The normalized spacial score (nSPS) is 21.2. The molecule has 0 aliphatic carbocycles. The van der Waals surface area contributed by atoms with E-state index in [0.29, 0.717) is 5.92 Å². The van der Waals surface area contributed by atoms with Crippen LogP contribution in [0.1, 0.15) is 17.9 Å². The topological polar surface area (TPSA) is 38.3 Å². The number of methoxy groups -OCH3 is 1. The van der Waals surface area contributed by atoms with Crippen molar-refractivity contribution in [3.63, 3.8) is 0 Å². The van der Waals surface area contributed by atoms with Gasteiger partial charge in [0.1, 0.15) is 0 Å². The molecule has 3 nitrogen and oxygen atoms in total. The Hall–Kier alpha value is -0.870. The van der Waals surface area contributed by atoms with Gasteiger partial charge in [-0.2, -0.15) is 0 Å². The van der Waals surface area contributed by atoms with Crippen molar-refractivity contribution < 1.29 is 9.53 Å². The number of carbonyl (C=O) groups excluding carboxylic acids is 1. The Balaban J connectivity index is 2.32. The zero-order chi connectivity index (χ0) is 12.3. The molecule has 0 spiro atoms. The maximum atomic E-state index is 12.0. The Morgan fingerprint density at radius 3 is 2.88 bits per heavy atom.